The fourth-order valence-electron chi connectivity index (χ4n) is 4.44. The molecule has 0 bridgehead atoms. The van der Waals surface area contributed by atoms with E-state index in [9.17, 15) is 18.4 Å². The molecule has 6 rings (SSSR count). The molecular formula is C31H21ClF2N4O4S2. The fraction of sp³-hybridized carbons (Fsp3) is 0.0645. The normalized spacial score (nSPS) is 11.2. The summed E-state index contributed by atoms with van der Waals surface area (Å²) in [5.74, 6) is -1.99. The molecule has 0 radical (unpaired) electrons. The summed E-state index contributed by atoms with van der Waals surface area (Å²) in [4.78, 5) is 37.5. The number of aromatic nitrogens is 3. The van der Waals surface area contributed by atoms with Crippen LogP contribution in [0.15, 0.2) is 102 Å². The van der Waals surface area contributed by atoms with Crippen molar-refractivity contribution in [3.8, 4) is 16.2 Å². The Kier molecular flexibility index (Phi) is 8.75. The molecule has 222 valence electrons. The Bertz CT molecular complexity index is 2030. The van der Waals surface area contributed by atoms with Crippen molar-refractivity contribution >= 4 is 52.1 Å². The van der Waals surface area contributed by atoms with Crippen molar-refractivity contribution in [2.24, 2.45) is 0 Å². The molecule has 0 spiro atoms. The number of amides is 1. The first kappa shape index (κ1) is 29.6. The molecule has 6 aromatic rings. The van der Waals surface area contributed by atoms with E-state index >= 15 is 0 Å². The third-order valence-electron chi connectivity index (χ3n) is 6.54. The van der Waals surface area contributed by atoms with Crippen LogP contribution in [0.2, 0.25) is 5.02 Å². The number of thiophene rings is 1. The second-order valence-electron chi connectivity index (χ2n) is 9.45. The molecule has 0 saturated carbocycles. The van der Waals surface area contributed by atoms with Crippen LogP contribution in [0.3, 0.4) is 0 Å². The van der Waals surface area contributed by atoms with Crippen LogP contribution in [0.5, 0.6) is 5.75 Å². The van der Waals surface area contributed by atoms with E-state index in [2.05, 4.69) is 10.3 Å². The van der Waals surface area contributed by atoms with Gasteiger partial charge in [-0.2, -0.15) is 0 Å². The third-order valence-corrected chi connectivity index (χ3v) is 8.54. The van der Waals surface area contributed by atoms with Gasteiger partial charge in [0.1, 0.15) is 5.56 Å². The van der Waals surface area contributed by atoms with Crippen LogP contribution < -0.4 is 15.8 Å². The molecule has 0 unspecified atom stereocenters. The minimum absolute atomic E-state index is 0.0157. The minimum atomic E-state index is -1.01. The number of halogens is 3. The molecule has 0 aliphatic carbocycles. The van der Waals surface area contributed by atoms with Gasteiger partial charge in [-0.15, -0.1) is 11.3 Å². The quantitative estimate of drug-likeness (QED) is 0.0954. The van der Waals surface area contributed by atoms with E-state index in [1.54, 1.807) is 34.4 Å². The second-order valence-corrected chi connectivity index (χ2v) is 11.7. The molecule has 0 saturated heterocycles. The Hall–Kier alpha value is -4.49. The van der Waals surface area contributed by atoms with Crippen molar-refractivity contribution in [3.63, 3.8) is 0 Å². The first-order chi connectivity index (χ1) is 21.4. The van der Waals surface area contributed by atoms with E-state index in [1.165, 1.54) is 34.2 Å². The third kappa shape index (κ3) is 6.38. The summed E-state index contributed by atoms with van der Waals surface area (Å²) in [6, 6.07) is 21.0. The molecule has 4 aromatic heterocycles. The summed E-state index contributed by atoms with van der Waals surface area (Å²) in [5, 5.41) is 4.03. The first-order valence-corrected chi connectivity index (χ1v) is 15.0. The number of nitrogens with one attached hydrogen (secondary N) is 1. The van der Waals surface area contributed by atoms with Crippen LogP contribution in [-0.2, 0) is 17.4 Å². The van der Waals surface area contributed by atoms with Crippen LogP contribution in [0.1, 0.15) is 20.8 Å². The molecule has 0 fully saturated rings. The van der Waals surface area contributed by atoms with Crippen molar-refractivity contribution in [1.82, 2.24) is 18.8 Å². The molecule has 2 aromatic carbocycles. The Balaban J connectivity index is 1.16. The van der Waals surface area contributed by atoms with Gasteiger partial charge in [-0.05, 0) is 60.2 Å². The van der Waals surface area contributed by atoms with Gasteiger partial charge in [0.2, 0.25) is 0 Å². The first-order valence-electron chi connectivity index (χ1n) is 13.1. The van der Waals surface area contributed by atoms with Crippen LogP contribution in [0.4, 0.5) is 8.78 Å². The monoisotopic (exact) mass is 650 g/mol. The van der Waals surface area contributed by atoms with E-state index in [0.29, 0.717) is 22.0 Å². The molecule has 4 heterocycles. The van der Waals surface area contributed by atoms with Crippen LogP contribution in [-0.4, -0.2) is 19.4 Å². The highest BCUT2D eigenvalue weighted by molar-refractivity contribution is 7.93. The summed E-state index contributed by atoms with van der Waals surface area (Å²) in [5.41, 5.74) is 1.18. The number of pyridine rings is 2. The maximum atomic E-state index is 13.6. The lowest BCUT2D eigenvalue weighted by molar-refractivity contribution is -0.0785. The number of rotatable bonds is 10. The van der Waals surface area contributed by atoms with E-state index in [1.807, 2.05) is 36.5 Å². The van der Waals surface area contributed by atoms with E-state index in [4.69, 9.17) is 20.8 Å². The minimum Gasteiger partial charge on any atom is -0.347 e. The number of hydrogen-bond acceptors (Lipinski definition) is 7. The summed E-state index contributed by atoms with van der Waals surface area (Å²) in [6.45, 7) is 0.159. The summed E-state index contributed by atoms with van der Waals surface area (Å²) in [7, 11) is 0. The Morgan fingerprint density at radius 1 is 1.02 bits per heavy atom. The van der Waals surface area contributed by atoms with Crippen molar-refractivity contribution < 1.29 is 22.8 Å². The van der Waals surface area contributed by atoms with E-state index in [0.717, 1.165) is 45.1 Å². The number of nitrogens with zero attached hydrogens (tertiary/aromatic N) is 3. The largest absolute Gasteiger partial charge is 0.347 e. The van der Waals surface area contributed by atoms with Crippen LogP contribution in [0.25, 0.3) is 21.5 Å². The molecule has 0 aliphatic rings. The summed E-state index contributed by atoms with van der Waals surface area (Å²) < 4.78 is 35.2. The average Bonchev–Trinajstić information content (AvgIpc) is 3.65. The van der Waals surface area contributed by atoms with Gasteiger partial charge in [0.05, 0.1) is 18.1 Å². The van der Waals surface area contributed by atoms with Crippen molar-refractivity contribution in [2.75, 3.05) is 0 Å². The van der Waals surface area contributed by atoms with Gasteiger partial charge in [0.25, 0.3) is 11.5 Å². The molecule has 0 aliphatic heterocycles. The molecule has 0 atom stereocenters. The SMILES string of the molecule is O=C(NCc1ccc(-c2cn(SOOc3ccccc3)c3nccc(Cl)c23)s1)c1cccn(Cc2ccc(F)c(F)c2)c1=O. The van der Waals surface area contributed by atoms with Crippen LogP contribution in [0, 0.1) is 11.6 Å². The molecule has 13 heteroatoms. The van der Waals surface area contributed by atoms with Crippen molar-refractivity contribution in [3.05, 3.63) is 140 Å². The number of benzene rings is 2. The maximum absolute atomic E-state index is 13.6. The van der Waals surface area contributed by atoms with E-state index in [-0.39, 0.29) is 18.7 Å². The predicted molar refractivity (Wildman–Crippen MR) is 167 cm³/mol. The highest BCUT2D eigenvalue weighted by Gasteiger charge is 2.18. The second kappa shape index (κ2) is 13.0. The Morgan fingerprint density at radius 2 is 1.86 bits per heavy atom. The standard InChI is InChI=1S/C31H21ClF2N4O4S2/c32-24-12-13-35-29-28(24)23(18-38(29)44-42-41-20-5-2-1-3-6-20)27-11-9-21(43-27)16-36-30(39)22-7-4-14-37(31(22)40)17-19-8-10-25(33)26(34)15-19/h1-15,18H,16-17H2,(H,36,39). The van der Waals surface area contributed by atoms with E-state index < -0.39 is 23.1 Å². The molecule has 1 amide bonds. The van der Waals surface area contributed by atoms with Gasteiger partial charge >= 0.3 is 0 Å². The molecule has 1 N–H and O–H groups in total. The van der Waals surface area contributed by atoms with Gasteiger partial charge < -0.3 is 14.8 Å². The number of fused-ring (bicyclic) bond motifs is 1. The smallest absolute Gasteiger partial charge is 0.263 e. The lowest BCUT2D eigenvalue weighted by Gasteiger charge is -2.09. The molecular weight excluding hydrogens is 630 g/mol. The average molecular weight is 651 g/mol. The zero-order chi connectivity index (χ0) is 30.6. The number of hydrogen-bond donors (Lipinski definition) is 1. The summed E-state index contributed by atoms with van der Waals surface area (Å²) in [6.07, 6.45) is 4.93. The Labute approximate surface area is 262 Å². The molecule has 44 heavy (non-hydrogen) atoms. The summed E-state index contributed by atoms with van der Waals surface area (Å²) >= 11 is 8.96. The predicted octanol–water partition coefficient (Wildman–Crippen LogP) is 7.26. The number of para-hydroxylation sites is 1. The lowest BCUT2D eigenvalue weighted by atomic mass is 10.2. The van der Waals surface area contributed by atoms with Gasteiger partial charge in [-0.3, -0.25) is 9.59 Å². The van der Waals surface area contributed by atoms with Gasteiger partial charge in [0.15, 0.2) is 35.3 Å². The van der Waals surface area contributed by atoms with Gasteiger partial charge in [-0.25, -0.2) is 17.7 Å². The zero-order valence-electron chi connectivity index (χ0n) is 22.6. The highest BCUT2D eigenvalue weighted by atomic mass is 35.5. The lowest BCUT2D eigenvalue weighted by Crippen LogP contribution is -2.32. The van der Waals surface area contributed by atoms with Crippen LogP contribution >= 0.6 is 35.2 Å². The van der Waals surface area contributed by atoms with Crippen molar-refractivity contribution in [1.29, 1.82) is 0 Å². The topological polar surface area (TPSA) is 87.4 Å². The van der Waals surface area contributed by atoms with Crippen molar-refractivity contribution in [2.45, 2.75) is 13.1 Å². The molecule has 8 nitrogen and oxygen atoms in total. The number of carbonyl (C=O) groups is 1. The van der Waals surface area contributed by atoms with Gasteiger partial charge in [0, 0.05) is 39.3 Å². The Morgan fingerprint density at radius 3 is 2.68 bits per heavy atom. The van der Waals surface area contributed by atoms with Gasteiger partial charge in [-0.1, -0.05) is 40.2 Å². The maximum Gasteiger partial charge on any atom is 0.263 e. The highest BCUT2D eigenvalue weighted by Crippen LogP contribution is 2.39. The fourth-order valence-corrected chi connectivity index (χ4v) is 6.18. The zero-order valence-corrected chi connectivity index (χ0v) is 25.0. The number of carbonyl (C=O) groups excluding carboxylic acids is 1.